The van der Waals surface area contributed by atoms with Crippen LogP contribution in [0.3, 0.4) is 0 Å². The molecule has 0 saturated heterocycles. The average Bonchev–Trinajstić information content (AvgIpc) is 3.09. The highest BCUT2D eigenvalue weighted by Crippen LogP contribution is 2.41. The van der Waals surface area contributed by atoms with Gasteiger partial charge in [-0.15, -0.1) is 0 Å². The highest BCUT2D eigenvalue weighted by atomic mass is 32.2. The monoisotopic (exact) mass is 428 g/mol. The maximum Gasteiger partial charge on any atom is 0.241 e. The largest absolute Gasteiger partial charge is 0.487 e. The van der Waals surface area contributed by atoms with E-state index in [0.29, 0.717) is 25.8 Å². The molecule has 1 amide bonds. The van der Waals surface area contributed by atoms with Crippen molar-refractivity contribution in [1.29, 1.82) is 0 Å². The van der Waals surface area contributed by atoms with Crippen molar-refractivity contribution in [1.82, 2.24) is 4.72 Å². The summed E-state index contributed by atoms with van der Waals surface area (Å²) >= 11 is 0. The number of hydrogen-bond acceptors (Lipinski definition) is 4. The molecule has 2 aromatic rings. The molecule has 0 bridgehead atoms. The molecule has 2 aromatic carbocycles. The minimum atomic E-state index is -3.74. The molecule has 0 aliphatic carbocycles. The van der Waals surface area contributed by atoms with Crippen molar-refractivity contribution < 1.29 is 17.9 Å². The van der Waals surface area contributed by atoms with Gasteiger partial charge in [-0.25, -0.2) is 13.1 Å². The maximum atomic E-state index is 13.2. The van der Waals surface area contributed by atoms with Crippen molar-refractivity contribution in [2.75, 3.05) is 11.4 Å². The van der Waals surface area contributed by atoms with Crippen LogP contribution < -0.4 is 14.4 Å². The number of fused-ring (bicyclic) bond motifs is 2. The first-order valence-electron chi connectivity index (χ1n) is 10.3. The van der Waals surface area contributed by atoms with E-state index < -0.39 is 15.6 Å². The Labute approximate surface area is 178 Å². The molecular formula is C23H28N2O4S. The molecule has 30 heavy (non-hydrogen) atoms. The lowest BCUT2D eigenvalue weighted by Crippen LogP contribution is -2.41. The van der Waals surface area contributed by atoms with Crippen molar-refractivity contribution in [2.24, 2.45) is 0 Å². The predicted octanol–water partition coefficient (Wildman–Crippen LogP) is 3.87. The smallest absolute Gasteiger partial charge is 0.241 e. The molecule has 2 heterocycles. The molecule has 2 aliphatic rings. The Kier molecular flexibility index (Phi) is 5.14. The van der Waals surface area contributed by atoms with E-state index in [1.807, 2.05) is 45.9 Å². The summed E-state index contributed by atoms with van der Waals surface area (Å²) in [6.07, 6.45) is 1.63. The van der Waals surface area contributed by atoms with Crippen LogP contribution >= 0.6 is 0 Å². The Morgan fingerprint density at radius 1 is 1.23 bits per heavy atom. The number of amides is 1. The molecule has 0 fully saturated rings. The molecular weight excluding hydrogens is 400 g/mol. The SMILES string of the molecule is CCC(=O)N1CCc2cc(S(=O)(=O)N[C@@H]3CC(C)(C)Oc4cc(C)ccc43)ccc21. The van der Waals surface area contributed by atoms with E-state index in [2.05, 4.69) is 4.72 Å². The number of hydrogen-bond donors (Lipinski definition) is 1. The van der Waals surface area contributed by atoms with Gasteiger partial charge in [-0.2, -0.15) is 0 Å². The molecule has 160 valence electrons. The molecule has 0 spiro atoms. The van der Waals surface area contributed by atoms with Crippen LogP contribution in [0.15, 0.2) is 41.3 Å². The van der Waals surface area contributed by atoms with Crippen molar-refractivity contribution in [3.05, 3.63) is 53.1 Å². The van der Waals surface area contributed by atoms with Gasteiger partial charge in [0.1, 0.15) is 11.4 Å². The fourth-order valence-corrected chi connectivity index (χ4v) is 5.58. The molecule has 1 N–H and O–H groups in total. The van der Waals surface area contributed by atoms with Gasteiger partial charge in [-0.1, -0.05) is 19.1 Å². The molecule has 6 nitrogen and oxygen atoms in total. The zero-order chi connectivity index (χ0) is 21.7. The number of sulfonamides is 1. The van der Waals surface area contributed by atoms with Crippen LogP contribution in [0.4, 0.5) is 5.69 Å². The molecule has 1 atom stereocenters. The lowest BCUT2D eigenvalue weighted by molar-refractivity contribution is -0.118. The minimum absolute atomic E-state index is 0.0545. The first kappa shape index (κ1) is 20.9. The van der Waals surface area contributed by atoms with Crippen LogP contribution in [-0.4, -0.2) is 26.5 Å². The van der Waals surface area contributed by atoms with Crippen LogP contribution in [0.1, 0.15) is 56.3 Å². The van der Waals surface area contributed by atoms with E-state index in [9.17, 15) is 13.2 Å². The number of benzene rings is 2. The number of carbonyl (C=O) groups is 1. The van der Waals surface area contributed by atoms with Crippen molar-refractivity contribution in [3.8, 4) is 5.75 Å². The topological polar surface area (TPSA) is 75.7 Å². The van der Waals surface area contributed by atoms with Crippen LogP contribution in [0, 0.1) is 6.92 Å². The fraction of sp³-hybridized carbons (Fsp3) is 0.435. The van der Waals surface area contributed by atoms with E-state index in [1.54, 1.807) is 23.1 Å². The molecule has 0 aromatic heterocycles. The third-order valence-corrected chi connectivity index (χ3v) is 7.25. The second-order valence-corrected chi connectivity index (χ2v) is 10.4. The van der Waals surface area contributed by atoms with Gasteiger partial charge in [0.05, 0.1) is 10.9 Å². The second-order valence-electron chi connectivity index (χ2n) is 8.72. The summed E-state index contributed by atoms with van der Waals surface area (Å²) in [5.74, 6) is 0.778. The predicted molar refractivity (Wildman–Crippen MR) is 116 cm³/mol. The Bertz CT molecular complexity index is 1110. The zero-order valence-electron chi connectivity index (χ0n) is 17.9. The lowest BCUT2D eigenvalue weighted by atomic mass is 9.90. The van der Waals surface area contributed by atoms with Gasteiger partial charge in [-0.05, 0) is 62.6 Å². The third-order valence-electron chi connectivity index (χ3n) is 5.78. The van der Waals surface area contributed by atoms with Gasteiger partial charge >= 0.3 is 0 Å². The molecule has 2 aliphatic heterocycles. The Morgan fingerprint density at radius 2 is 2.00 bits per heavy atom. The van der Waals surface area contributed by atoms with Gasteiger partial charge in [0.15, 0.2) is 0 Å². The fourth-order valence-electron chi connectivity index (χ4n) is 4.31. The van der Waals surface area contributed by atoms with Gasteiger partial charge in [0.25, 0.3) is 0 Å². The van der Waals surface area contributed by atoms with E-state index >= 15 is 0 Å². The second kappa shape index (κ2) is 7.39. The van der Waals surface area contributed by atoms with Crippen LogP contribution in [0.2, 0.25) is 0 Å². The van der Waals surface area contributed by atoms with Crippen LogP contribution in [0.25, 0.3) is 0 Å². The van der Waals surface area contributed by atoms with Crippen molar-refractivity contribution >= 4 is 21.6 Å². The molecule has 0 radical (unpaired) electrons. The molecule has 0 saturated carbocycles. The standard InChI is InChI=1S/C23H28N2O4S/c1-5-22(26)25-11-10-16-13-17(7-9-20(16)25)30(27,28)24-19-14-23(3,4)29-21-12-15(2)6-8-18(19)21/h6-9,12-13,19,24H,5,10-11,14H2,1-4H3/t19-/m1/s1. The zero-order valence-corrected chi connectivity index (χ0v) is 18.7. The number of anilines is 1. The van der Waals surface area contributed by atoms with Gasteiger partial charge < -0.3 is 9.64 Å². The van der Waals surface area contributed by atoms with Gasteiger partial charge in [0.2, 0.25) is 15.9 Å². The lowest BCUT2D eigenvalue weighted by Gasteiger charge is -2.38. The molecule has 0 unspecified atom stereocenters. The summed E-state index contributed by atoms with van der Waals surface area (Å²) in [7, 11) is -3.74. The summed E-state index contributed by atoms with van der Waals surface area (Å²) < 4.78 is 35.4. The van der Waals surface area contributed by atoms with E-state index in [0.717, 1.165) is 28.1 Å². The Balaban J connectivity index is 1.64. The maximum absolute atomic E-state index is 13.2. The number of carbonyl (C=O) groups excluding carboxylic acids is 1. The van der Waals surface area contributed by atoms with Gasteiger partial charge in [-0.3, -0.25) is 4.79 Å². The minimum Gasteiger partial charge on any atom is -0.487 e. The summed E-state index contributed by atoms with van der Waals surface area (Å²) in [5.41, 5.74) is 3.14. The van der Waals surface area contributed by atoms with Gasteiger partial charge in [0, 0.05) is 30.6 Å². The third kappa shape index (κ3) is 3.84. The number of aryl methyl sites for hydroxylation is 1. The number of rotatable bonds is 4. The van der Waals surface area contributed by atoms with E-state index in [4.69, 9.17) is 4.74 Å². The average molecular weight is 429 g/mol. The highest BCUT2D eigenvalue weighted by molar-refractivity contribution is 7.89. The van der Waals surface area contributed by atoms with Crippen molar-refractivity contribution in [3.63, 3.8) is 0 Å². The molecule has 4 rings (SSSR count). The summed E-state index contributed by atoms with van der Waals surface area (Å²) in [4.78, 5) is 14.1. The highest BCUT2D eigenvalue weighted by Gasteiger charge is 2.36. The van der Waals surface area contributed by atoms with Crippen molar-refractivity contribution in [2.45, 2.75) is 63.5 Å². The number of nitrogens with one attached hydrogen (secondary N) is 1. The quantitative estimate of drug-likeness (QED) is 0.802. The summed E-state index contributed by atoms with van der Waals surface area (Å²) in [5, 5.41) is 0. The van der Waals surface area contributed by atoms with Crippen LogP contribution in [-0.2, 0) is 21.2 Å². The summed E-state index contributed by atoms with van der Waals surface area (Å²) in [6, 6.07) is 10.5. The normalized spacial score (nSPS) is 19.7. The Hall–Kier alpha value is -2.38. The van der Waals surface area contributed by atoms with E-state index in [1.165, 1.54) is 0 Å². The Morgan fingerprint density at radius 3 is 2.73 bits per heavy atom. The van der Waals surface area contributed by atoms with Crippen LogP contribution in [0.5, 0.6) is 5.75 Å². The number of ether oxygens (including phenoxy) is 1. The first-order chi connectivity index (χ1) is 14.1. The van der Waals surface area contributed by atoms with E-state index in [-0.39, 0.29) is 16.8 Å². The number of nitrogens with zero attached hydrogens (tertiary/aromatic N) is 1. The first-order valence-corrected chi connectivity index (χ1v) is 11.8. The summed E-state index contributed by atoms with van der Waals surface area (Å²) in [6.45, 7) is 8.35. The molecule has 7 heteroatoms.